The van der Waals surface area contributed by atoms with Crippen LogP contribution in [-0.2, 0) is 15.4 Å². The van der Waals surface area contributed by atoms with Crippen LogP contribution in [0.15, 0.2) is 15.5 Å². The second-order valence-electron chi connectivity index (χ2n) is 7.72. The van der Waals surface area contributed by atoms with Gasteiger partial charge in [-0.3, -0.25) is 0 Å². The molecular weight excluding hydrogens is 481 g/mol. The quantitative estimate of drug-likeness (QED) is 0.280. The number of hydrogen-bond acceptors (Lipinski definition) is 5. The van der Waals surface area contributed by atoms with E-state index in [2.05, 4.69) is 15.6 Å². The maximum absolute atomic E-state index is 11.6. The van der Waals surface area contributed by atoms with Crippen molar-refractivity contribution in [3.63, 3.8) is 0 Å². The Hall–Kier alpha value is -0.810. The van der Waals surface area contributed by atoms with Crippen LogP contribution in [0.5, 0.6) is 0 Å². The molecule has 0 radical (unpaired) electrons. The molecule has 1 heterocycles. The summed E-state index contributed by atoms with van der Waals surface area (Å²) >= 11 is 0. The number of sulfone groups is 1. The van der Waals surface area contributed by atoms with E-state index in [1.165, 1.54) is 6.26 Å². The highest BCUT2D eigenvalue weighted by molar-refractivity contribution is 14.0. The summed E-state index contributed by atoms with van der Waals surface area (Å²) < 4.78 is 28.7. The van der Waals surface area contributed by atoms with Gasteiger partial charge in [0.2, 0.25) is 0 Å². The molecule has 0 saturated heterocycles. The van der Waals surface area contributed by atoms with E-state index >= 15 is 0 Å². The normalized spacial score (nSPS) is 18.4. The molecule has 1 saturated carbocycles. The summed E-state index contributed by atoms with van der Waals surface area (Å²) in [6.07, 6.45) is 3.08. The minimum absolute atomic E-state index is 0. The minimum atomic E-state index is -3.00. The van der Waals surface area contributed by atoms with Crippen molar-refractivity contribution in [2.24, 2.45) is 10.4 Å². The van der Waals surface area contributed by atoms with Crippen LogP contribution in [-0.4, -0.2) is 51.1 Å². The van der Waals surface area contributed by atoms with Crippen LogP contribution in [0.25, 0.3) is 0 Å². The fourth-order valence-electron chi connectivity index (χ4n) is 3.20. The van der Waals surface area contributed by atoms with Crippen LogP contribution in [0.3, 0.4) is 0 Å². The third-order valence-corrected chi connectivity index (χ3v) is 5.80. The smallest absolute Gasteiger partial charge is 0.191 e. The van der Waals surface area contributed by atoms with E-state index < -0.39 is 15.4 Å². The fourth-order valence-corrected chi connectivity index (χ4v) is 4.70. The first-order valence-corrected chi connectivity index (χ1v) is 11.0. The van der Waals surface area contributed by atoms with Gasteiger partial charge in [-0.15, -0.1) is 24.0 Å². The molecular formula is C18H32IN3O4S. The molecule has 0 aromatic carbocycles. The van der Waals surface area contributed by atoms with Crippen LogP contribution < -0.4 is 10.6 Å². The molecule has 156 valence electrons. The Labute approximate surface area is 179 Å². The van der Waals surface area contributed by atoms with Gasteiger partial charge in [-0.2, -0.15) is 0 Å². The van der Waals surface area contributed by atoms with E-state index in [0.29, 0.717) is 24.8 Å². The van der Waals surface area contributed by atoms with Gasteiger partial charge >= 0.3 is 0 Å². The predicted molar refractivity (Wildman–Crippen MR) is 119 cm³/mol. The Kier molecular flexibility index (Phi) is 8.19. The van der Waals surface area contributed by atoms with Crippen LogP contribution in [0, 0.1) is 19.3 Å². The summed E-state index contributed by atoms with van der Waals surface area (Å²) in [6.45, 7) is 8.74. The molecule has 3 N–H and O–H groups in total. The molecule has 1 unspecified atom stereocenters. The van der Waals surface area contributed by atoms with Crippen LogP contribution in [0.4, 0.5) is 0 Å². The molecule has 0 bridgehead atoms. The first-order chi connectivity index (χ1) is 12.0. The summed E-state index contributed by atoms with van der Waals surface area (Å²) in [7, 11) is -3.00. The molecule has 0 spiro atoms. The highest BCUT2D eigenvalue weighted by Crippen LogP contribution is 2.46. The summed E-state index contributed by atoms with van der Waals surface area (Å²) in [4.78, 5) is 4.49. The molecule has 9 heteroatoms. The van der Waals surface area contributed by atoms with Gasteiger partial charge in [0.15, 0.2) is 5.96 Å². The second kappa shape index (κ2) is 9.13. The second-order valence-corrected chi connectivity index (χ2v) is 9.86. The van der Waals surface area contributed by atoms with Gasteiger partial charge in [-0.1, -0.05) is 0 Å². The van der Waals surface area contributed by atoms with E-state index in [-0.39, 0.29) is 41.7 Å². The Morgan fingerprint density at radius 3 is 2.44 bits per heavy atom. The summed E-state index contributed by atoms with van der Waals surface area (Å²) in [6, 6.07) is 1.83. The zero-order valence-electron chi connectivity index (χ0n) is 16.8. The van der Waals surface area contributed by atoms with Gasteiger partial charge in [-0.05, 0) is 46.6 Å². The van der Waals surface area contributed by atoms with Crippen molar-refractivity contribution in [3.05, 3.63) is 23.2 Å². The lowest BCUT2D eigenvalue weighted by Crippen LogP contribution is -2.42. The number of aryl methyl sites for hydroxylation is 2. The Balaban J connectivity index is 0.00000364. The number of aliphatic imine (C=N–C) groups is 1. The van der Waals surface area contributed by atoms with Gasteiger partial charge in [0.1, 0.15) is 27.0 Å². The van der Waals surface area contributed by atoms with Crippen molar-refractivity contribution in [1.29, 1.82) is 0 Å². The Bertz CT molecular complexity index is 768. The lowest BCUT2D eigenvalue weighted by molar-refractivity contribution is 0.0657. The zero-order valence-corrected chi connectivity index (χ0v) is 19.9. The maximum atomic E-state index is 11.6. The molecule has 7 nitrogen and oxygen atoms in total. The average Bonchev–Trinajstić information content (AvgIpc) is 3.15. The maximum Gasteiger partial charge on any atom is 0.191 e. The zero-order chi connectivity index (χ0) is 19.6. The molecule has 1 fully saturated rings. The molecule has 27 heavy (non-hydrogen) atoms. The number of rotatable bonds is 8. The van der Waals surface area contributed by atoms with Crippen LogP contribution in [0.1, 0.15) is 43.8 Å². The molecule has 1 aliphatic rings. The first-order valence-electron chi connectivity index (χ1n) is 8.96. The van der Waals surface area contributed by atoms with E-state index in [0.717, 1.165) is 24.2 Å². The summed E-state index contributed by atoms with van der Waals surface area (Å²) in [5.41, 5.74) is -0.607. The molecule has 1 aliphatic carbocycles. The number of aliphatic hydroxyl groups is 1. The predicted octanol–water partition coefficient (Wildman–Crippen LogP) is 2.10. The first kappa shape index (κ1) is 24.2. The SMILES string of the molecule is CCNC(=NCC(C)(O)c1cc(C)oc1C)NCC1(CS(C)(=O)=O)CC1.I. The monoisotopic (exact) mass is 513 g/mol. The third-order valence-electron chi connectivity index (χ3n) is 4.67. The van der Waals surface area contributed by atoms with E-state index in [1.54, 1.807) is 6.92 Å². The topological polar surface area (TPSA) is 104 Å². The van der Waals surface area contributed by atoms with E-state index in [9.17, 15) is 13.5 Å². The van der Waals surface area contributed by atoms with E-state index in [1.807, 2.05) is 26.8 Å². The highest BCUT2D eigenvalue weighted by atomic mass is 127. The molecule has 0 amide bonds. The number of hydrogen-bond donors (Lipinski definition) is 3. The van der Waals surface area contributed by atoms with Gasteiger partial charge in [-0.25, -0.2) is 13.4 Å². The number of nitrogens with one attached hydrogen (secondary N) is 2. The number of guanidine groups is 1. The van der Waals surface area contributed by atoms with Crippen molar-refractivity contribution < 1.29 is 17.9 Å². The number of furan rings is 1. The highest BCUT2D eigenvalue weighted by Gasteiger charge is 2.45. The molecule has 2 rings (SSSR count). The number of halogens is 1. The summed E-state index contributed by atoms with van der Waals surface area (Å²) in [5.74, 6) is 2.21. The Morgan fingerprint density at radius 2 is 2.00 bits per heavy atom. The Morgan fingerprint density at radius 1 is 1.37 bits per heavy atom. The van der Waals surface area contributed by atoms with E-state index in [4.69, 9.17) is 4.42 Å². The molecule has 0 aliphatic heterocycles. The van der Waals surface area contributed by atoms with Gasteiger partial charge in [0, 0.05) is 30.3 Å². The largest absolute Gasteiger partial charge is 0.466 e. The molecule has 1 aromatic rings. The van der Waals surface area contributed by atoms with Crippen molar-refractivity contribution in [2.75, 3.05) is 31.6 Å². The van der Waals surface area contributed by atoms with Gasteiger partial charge in [0.05, 0.1) is 12.3 Å². The third kappa shape index (κ3) is 7.26. The lowest BCUT2D eigenvalue weighted by atomic mass is 9.96. The standard InChI is InChI=1S/C18H31N3O4S.HI/c1-6-19-16(21-11-18(7-8-18)12-26(5,23)24)20-10-17(4,22)15-9-13(2)25-14(15)3;/h9,22H,6-8,10-12H2,1-5H3,(H2,19,20,21);1H. The van der Waals surface area contributed by atoms with Crippen LogP contribution in [0.2, 0.25) is 0 Å². The van der Waals surface area contributed by atoms with Crippen molar-refractivity contribution in [3.8, 4) is 0 Å². The van der Waals surface area contributed by atoms with Crippen LogP contribution >= 0.6 is 24.0 Å². The van der Waals surface area contributed by atoms with Crippen molar-refractivity contribution in [1.82, 2.24) is 10.6 Å². The van der Waals surface area contributed by atoms with Crippen molar-refractivity contribution in [2.45, 2.75) is 46.1 Å². The molecule has 1 atom stereocenters. The summed E-state index contributed by atoms with van der Waals surface area (Å²) in [5, 5.41) is 17.2. The van der Waals surface area contributed by atoms with Gasteiger partial charge in [0.25, 0.3) is 0 Å². The van der Waals surface area contributed by atoms with Crippen molar-refractivity contribution >= 4 is 39.8 Å². The lowest BCUT2D eigenvalue weighted by Gasteiger charge is -2.22. The fraction of sp³-hybridized carbons (Fsp3) is 0.722. The number of nitrogens with zero attached hydrogens (tertiary/aromatic N) is 1. The minimum Gasteiger partial charge on any atom is -0.466 e. The average molecular weight is 513 g/mol. The van der Waals surface area contributed by atoms with Gasteiger partial charge < -0.3 is 20.2 Å². The molecule has 1 aromatic heterocycles.